The number of hydrogen-bond acceptors (Lipinski definition) is 3. The quantitative estimate of drug-likeness (QED) is 0.848. The van der Waals surface area contributed by atoms with Crippen molar-refractivity contribution in [2.45, 2.75) is 25.8 Å². The summed E-state index contributed by atoms with van der Waals surface area (Å²) in [4.78, 5) is 0. The molecule has 96 valence electrons. The SMILES string of the molecule is C=C(C)CC(C)(N)COc1ccc(Br)cc1C#N. The molecule has 0 aromatic heterocycles. The summed E-state index contributed by atoms with van der Waals surface area (Å²) in [5.74, 6) is 0.555. The Morgan fingerprint density at radius 2 is 2.28 bits per heavy atom. The van der Waals surface area contributed by atoms with Crippen LogP contribution < -0.4 is 10.5 Å². The molecule has 2 N–H and O–H groups in total. The van der Waals surface area contributed by atoms with Gasteiger partial charge in [-0.1, -0.05) is 21.5 Å². The summed E-state index contributed by atoms with van der Waals surface area (Å²) in [6.07, 6.45) is 0.686. The monoisotopic (exact) mass is 308 g/mol. The normalized spacial score (nSPS) is 13.5. The van der Waals surface area contributed by atoms with Gasteiger partial charge in [0.05, 0.1) is 11.1 Å². The highest BCUT2D eigenvalue weighted by Crippen LogP contribution is 2.23. The highest BCUT2D eigenvalue weighted by Gasteiger charge is 2.20. The zero-order valence-electron chi connectivity index (χ0n) is 10.7. The Morgan fingerprint density at radius 1 is 1.61 bits per heavy atom. The van der Waals surface area contributed by atoms with E-state index in [2.05, 4.69) is 28.6 Å². The Labute approximate surface area is 116 Å². The summed E-state index contributed by atoms with van der Waals surface area (Å²) in [7, 11) is 0. The zero-order chi connectivity index (χ0) is 13.8. The van der Waals surface area contributed by atoms with Crippen molar-refractivity contribution in [2.75, 3.05) is 6.61 Å². The van der Waals surface area contributed by atoms with Gasteiger partial charge in [0.15, 0.2) is 0 Å². The van der Waals surface area contributed by atoms with Gasteiger partial charge in [-0.2, -0.15) is 5.26 Å². The van der Waals surface area contributed by atoms with Crippen molar-refractivity contribution in [1.29, 1.82) is 5.26 Å². The second kappa shape index (κ2) is 6.03. The Kier molecular flexibility index (Phi) is 4.94. The van der Waals surface area contributed by atoms with Crippen LogP contribution in [0.1, 0.15) is 25.8 Å². The number of nitriles is 1. The van der Waals surface area contributed by atoms with Crippen LogP contribution in [0.2, 0.25) is 0 Å². The molecule has 18 heavy (non-hydrogen) atoms. The Balaban J connectivity index is 2.75. The molecule has 4 heteroatoms. The van der Waals surface area contributed by atoms with Crippen LogP contribution in [0.25, 0.3) is 0 Å². The lowest BCUT2D eigenvalue weighted by atomic mass is 9.96. The maximum Gasteiger partial charge on any atom is 0.137 e. The summed E-state index contributed by atoms with van der Waals surface area (Å²) in [5.41, 5.74) is 7.14. The number of ether oxygens (including phenoxy) is 1. The molecule has 1 unspecified atom stereocenters. The molecule has 0 aliphatic heterocycles. The summed E-state index contributed by atoms with van der Waals surface area (Å²) in [6.45, 7) is 8.04. The standard InChI is InChI=1S/C14H17BrN2O/c1-10(2)7-14(3,17)9-18-13-5-4-12(15)6-11(13)8-16/h4-6H,1,7,9,17H2,2-3H3. The van der Waals surface area contributed by atoms with E-state index in [9.17, 15) is 0 Å². The topological polar surface area (TPSA) is 59.0 Å². The zero-order valence-corrected chi connectivity index (χ0v) is 12.3. The fourth-order valence-corrected chi connectivity index (χ4v) is 2.06. The third kappa shape index (κ3) is 4.52. The van der Waals surface area contributed by atoms with E-state index >= 15 is 0 Å². The second-order valence-corrected chi connectivity index (χ2v) is 5.74. The molecule has 0 saturated heterocycles. The van der Waals surface area contributed by atoms with Gasteiger partial charge in [-0.25, -0.2) is 0 Å². The van der Waals surface area contributed by atoms with Crippen LogP contribution in [0.5, 0.6) is 5.75 Å². The van der Waals surface area contributed by atoms with Gasteiger partial charge in [-0.3, -0.25) is 0 Å². The van der Waals surface area contributed by atoms with E-state index in [1.54, 1.807) is 12.1 Å². The smallest absolute Gasteiger partial charge is 0.137 e. The summed E-state index contributed by atoms with van der Waals surface area (Å²) < 4.78 is 6.49. The van der Waals surface area contributed by atoms with E-state index in [4.69, 9.17) is 15.7 Å². The Morgan fingerprint density at radius 3 is 2.83 bits per heavy atom. The lowest BCUT2D eigenvalue weighted by Crippen LogP contribution is -2.42. The molecule has 0 amide bonds. The van der Waals surface area contributed by atoms with E-state index in [1.165, 1.54) is 0 Å². The average molecular weight is 309 g/mol. The van der Waals surface area contributed by atoms with E-state index in [-0.39, 0.29) is 0 Å². The minimum atomic E-state index is -0.481. The molecule has 1 rings (SSSR count). The summed E-state index contributed by atoms with van der Waals surface area (Å²) in [6, 6.07) is 7.42. The number of benzene rings is 1. The average Bonchev–Trinajstić information content (AvgIpc) is 2.25. The summed E-state index contributed by atoms with van der Waals surface area (Å²) in [5, 5.41) is 9.02. The van der Waals surface area contributed by atoms with Gasteiger partial charge in [-0.15, -0.1) is 6.58 Å². The number of hydrogen-bond donors (Lipinski definition) is 1. The number of nitrogens with zero attached hydrogens (tertiary/aromatic N) is 1. The first-order chi connectivity index (χ1) is 8.34. The fraction of sp³-hybridized carbons (Fsp3) is 0.357. The van der Waals surface area contributed by atoms with Crippen LogP contribution >= 0.6 is 15.9 Å². The van der Waals surface area contributed by atoms with Crippen LogP contribution in [0, 0.1) is 11.3 Å². The number of rotatable bonds is 5. The van der Waals surface area contributed by atoms with E-state index in [1.807, 2.05) is 19.9 Å². The molecule has 0 radical (unpaired) electrons. The van der Waals surface area contributed by atoms with Crippen molar-refractivity contribution in [3.63, 3.8) is 0 Å². The van der Waals surface area contributed by atoms with Crippen molar-refractivity contribution in [3.05, 3.63) is 40.4 Å². The van der Waals surface area contributed by atoms with E-state index in [0.29, 0.717) is 24.3 Å². The molecule has 0 aliphatic rings. The van der Waals surface area contributed by atoms with Crippen LogP contribution in [0.4, 0.5) is 0 Å². The Hall–Kier alpha value is -1.31. The third-order valence-corrected chi connectivity index (χ3v) is 2.82. The van der Waals surface area contributed by atoms with Gasteiger partial charge in [0.2, 0.25) is 0 Å². The molecular weight excluding hydrogens is 292 g/mol. The molecule has 0 spiro atoms. The highest BCUT2D eigenvalue weighted by atomic mass is 79.9. The van der Waals surface area contributed by atoms with Gasteiger partial charge in [0.1, 0.15) is 18.4 Å². The molecule has 0 heterocycles. The predicted octanol–water partition coefficient (Wildman–Crippen LogP) is 3.38. The lowest BCUT2D eigenvalue weighted by molar-refractivity contribution is 0.229. The molecule has 3 nitrogen and oxygen atoms in total. The summed E-state index contributed by atoms with van der Waals surface area (Å²) >= 11 is 3.32. The van der Waals surface area contributed by atoms with Crippen molar-refractivity contribution >= 4 is 15.9 Å². The van der Waals surface area contributed by atoms with Crippen molar-refractivity contribution < 1.29 is 4.74 Å². The number of halogens is 1. The van der Waals surface area contributed by atoms with Crippen molar-refractivity contribution in [2.24, 2.45) is 5.73 Å². The van der Waals surface area contributed by atoms with Crippen molar-refractivity contribution in [1.82, 2.24) is 0 Å². The first kappa shape index (κ1) is 14.7. The lowest BCUT2D eigenvalue weighted by Gasteiger charge is -2.25. The molecule has 0 aliphatic carbocycles. The van der Waals surface area contributed by atoms with E-state index in [0.717, 1.165) is 10.0 Å². The van der Waals surface area contributed by atoms with Gasteiger partial charge in [0.25, 0.3) is 0 Å². The molecule has 1 aromatic carbocycles. The predicted molar refractivity (Wildman–Crippen MR) is 76.4 cm³/mol. The van der Waals surface area contributed by atoms with Gasteiger partial charge in [-0.05, 0) is 38.5 Å². The molecule has 0 bridgehead atoms. The molecule has 0 saturated carbocycles. The Bertz CT molecular complexity index is 489. The number of nitrogens with two attached hydrogens (primary N) is 1. The van der Waals surface area contributed by atoms with Gasteiger partial charge in [0, 0.05) is 4.47 Å². The first-order valence-electron chi connectivity index (χ1n) is 5.60. The van der Waals surface area contributed by atoms with E-state index < -0.39 is 5.54 Å². The van der Waals surface area contributed by atoms with Crippen molar-refractivity contribution in [3.8, 4) is 11.8 Å². The third-order valence-electron chi connectivity index (χ3n) is 2.33. The molecular formula is C14H17BrN2O. The van der Waals surface area contributed by atoms with Crippen LogP contribution in [-0.2, 0) is 0 Å². The first-order valence-corrected chi connectivity index (χ1v) is 6.39. The van der Waals surface area contributed by atoms with Crippen LogP contribution in [0.3, 0.4) is 0 Å². The maximum atomic E-state index is 9.02. The van der Waals surface area contributed by atoms with Gasteiger partial charge >= 0.3 is 0 Å². The van der Waals surface area contributed by atoms with Crippen LogP contribution in [0.15, 0.2) is 34.8 Å². The second-order valence-electron chi connectivity index (χ2n) is 4.83. The van der Waals surface area contributed by atoms with Crippen LogP contribution in [-0.4, -0.2) is 12.1 Å². The molecule has 1 aromatic rings. The maximum absolute atomic E-state index is 9.02. The minimum absolute atomic E-state index is 0.343. The van der Waals surface area contributed by atoms with Gasteiger partial charge < -0.3 is 10.5 Å². The fourth-order valence-electron chi connectivity index (χ4n) is 1.70. The minimum Gasteiger partial charge on any atom is -0.490 e. The largest absolute Gasteiger partial charge is 0.490 e. The molecule has 1 atom stereocenters. The highest BCUT2D eigenvalue weighted by molar-refractivity contribution is 9.10. The molecule has 0 fully saturated rings.